The molecule has 1 fully saturated rings. The number of aromatic nitrogens is 2. The van der Waals surface area contributed by atoms with Crippen LogP contribution in [0.25, 0.3) is 0 Å². The SMILES string of the molecule is COC1CC(Nc2cnc(C#N)cn2)C1(C)C. The summed E-state index contributed by atoms with van der Waals surface area (Å²) in [6, 6.07) is 2.27. The Bertz CT molecular complexity index is 435. The molecule has 1 aliphatic rings. The molecule has 0 amide bonds. The van der Waals surface area contributed by atoms with Crippen LogP contribution in [0.2, 0.25) is 0 Å². The average Bonchev–Trinajstić information content (AvgIpc) is 2.34. The van der Waals surface area contributed by atoms with Crippen LogP contribution in [0.5, 0.6) is 0 Å². The fraction of sp³-hybridized carbons (Fsp3) is 0.583. The third kappa shape index (κ3) is 2.08. The number of hydrogen-bond donors (Lipinski definition) is 1. The molecule has 1 heterocycles. The molecule has 90 valence electrons. The summed E-state index contributed by atoms with van der Waals surface area (Å²) in [5, 5.41) is 11.9. The van der Waals surface area contributed by atoms with Gasteiger partial charge in [0.25, 0.3) is 0 Å². The van der Waals surface area contributed by atoms with Gasteiger partial charge in [-0.2, -0.15) is 5.26 Å². The van der Waals surface area contributed by atoms with Crippen molar-refractivity contribution in [3.05, 3.63) is 18.1 Å². The molecule has 0 aromatic carbocycles. The standard InChI is InChI=1S/C12H16N4O/c1-12(2)9(4-10(12)17-3)16-11-7-14-8(5-13)6-15-11/h6-7,9-10H,4H2,1-3H3,(H,15,16). The second-order valence-electron chi connectivity index (χ2n) is 4.88. The summed E-state index contributed by atoms with van der Waals surface area (Å²) in [7, 11) is 1.74. The van der Waals surface area contributed by atoms with Crippen molar-refractivity contribution in [3.8, 4) is 6.07 Å². The molecule has 1 aliphatic carbocycles. The lowest BCUT2D eigenvalue weighted by Crippen LogP contribution is -2.57. The Morgan fingerprint density at radius 3 is 2.71 bits per heavy atom. The van der Waals surface area contributed by atoms with Crippen molar-refractivity contribution < 1.29 is 4.74 Å². The molecule has 0 radical (unpaired) electrons. The third-order valence-electron chi connectivity index (χ3n) is 3.55. The van der Waals surface area contributed by atoms with E-state index in [9.17, 15) is 0 Å². The molecule has 1 saturated carbocycles. The van der Waals surface area contributed by atoms with Crippen LogP contribution in [0.4, 0.5) is 5.82 Å². The molecular weight excluding hydrogens is 216 g/mol. The lowest BCUT2D eigenvalue weighted by molar-refractivity contribution is -0.0795. The summed E-state index contributed by atoms with van der Waals surface area (Å²) in [5.74, 6) is 0.705. The molecule has 1 N–H and O–H groups in total. The fourth-order valence-electron chi connectivity index (χ4n) is 2.17. The molecule has 5 nitrogen and oxygen atoms in total. The number of methoxy groups -OCH3 is 1. The summed E-state index contributed by atoms with van der Waals surface area (Å²) in [4.78, 5) is 8.13. The maximum absolute atomic E-state index is 8.63. The number of rotatable bonds is 3. The van der Waals surface area contributed by atoms with Gasteiger partial charge in [-0.1, -0.05) is 13.8 Å². The zero-order valence-corrected chi connectivity index (χ0v) is 10.3. The van der Waals surface area contributed by atoms with Gasteiger partial charge in [-0.3, -0.25) is 0 Å². The lowest BCUT2D eigenvalue weighted by Gasteiger charge is -2.51. The predicted molar refractivity (Wildman–Crippen MR) is 63.4 cm³/mol. The van der Waals surface area contributed by atoms with E-state index < -0.39 is 0 Å². The maximum Gasteiger partial charge on any atom is 0.158 e. The first kappa shape index (κ1) is 11.8. The second kappa shape index (κ2) is 4.30. The monoisotopic (exact) mass is 232 g/mol. The van der Waals surface area contributed by atoms with E-state index in [4.69, 9.17) is 10.00 Å². The number of nitrogens with zero attached hydrogens (tertiary/aromatic N) is 3. The minimum Gasteiger partial charge on any atom is -0.381 e. The largest absolute Gasteiger partial charge is 0.381 e. The smallest absolute Gasteiger partial charge is 0.158 e. The van der Waals surface area contributed by atoms with Crippen LogP contribution in [0.1, 0.15) is 26.0 Å². The van der Waals surface area contributed by atoms with E-state index in [0.717, 1.165) is 6.42 Å². The van der Waals surface area contributed by atoms with Crippen LogP contribution in [0.15, 0.2) is 12.4 Å². The Labute approximate surface area is 101 Å². The van der Waals surface area contributed by atoms with Crippen molar-refractivity contribution in [2.45, 2.75) is 32.4 Å². The van der Waals surface area contributed by atoms with Gasteiger partial charge in [-0.25, -0.2) is 9.97 Å². The molecule has 0 spiro atoms. The molecule has 1 aromatic heterocycles. The molecule has 2 atom stereocenters. The predicted octanol–water partition coefficient (Wildman–Crippen LogP) is 1.57. The Kier molecular flexibility index (Phi) is 2.99. The van der Waals surface area contributed by atoms with Crippen molar-refractivity contribution in [3.63, 3.8) is 0 Å². The van der Waals surface area contributed by atoms with Crippen molar-refractivity contribution in [1.29, 1.82) is 5.26 Å². The van der Waals surface area contributed by atoms with E-state index >= 15 is 0 Å². The summed E-state index contributed by atoms with van der Waals surface area (Å²) < 4.78 is 5.39. The Morgan fingerprint density at radius 1 is 1.47 bits per heavy atom. The van der Waals surface area contributed by atoms with Crippen LogP contribution >= 0.6 is 0 Å². The van der Waals surface area contributed by atoms with Crippen LogP contribution in [-0.4, -0.2) is 29.2 Å². The minimum atomic E-state index is 0.0876. The van der Waals surface area contributed by atoms with Crippen molar-refractivity contribution >= 4 is 5.82 Å². The van der Waals surface area contributed by atoms with Gasteiger partial charge in [0.15, 0.2) is 5.69 Å². The topological polar surface area (TPSA) is 70.8 Å². The fourth-order valence-corrected chi connectivity index (χ4v) is 2.17. The zero-order valence-electron chi connectivity index (χ0n) is 10.3. The van der Waals surface area contributed by atoms with Crippen molar-refractivity contribution in [2.24, 2.45) is 5.41 Å². The first-order valence-corrected chi connectivity index (χ1v) is 5.59. The highest BCUT2D eigenvalue weighted by atomic mass is 16.5. The van der Waals surface area contributed by atoms with Gasteiger partial charge in [0, 0.05) is 18.6 Å². The number of ether oxygens (including phenoxy) is 1. The molecule has 0 aliphatic heterocycles. The Hall–Kier alpha value is -1.67. The maximum atomic E-state index is 8.63. The summed E-state index contributed by atoms with van der Waals surface area (Å²) >= 11 is 0. The van der Waals surface area contributed by atoms with E-state index in [1.165, 1.54) is 6.20 Å². The normalized spacial score (nSPS) is 25.8. The molecule has 0 saturated heterocycles. The van der Waals surface area contributed by atoms with E-state index in [-0.39, 0.29) is 11.5 Å². The summed E-state index contributed by atoms with van der Waals surface area (Å²) in [5.41, 5.74) is 0.419. The number of anilines is 1. The van der Waals surface area contributed by atoms with Crippen molar-refractivity contribution in [1.82, 2.24) is 9.97 Å². The van der Waals surface area contributed by atoms with Gasteiger partial charge in [-0.05, 0) is 6.42 Å². The number of hydrogen-bond acceptors (Lipinski definition) is 5. The minimum absolute atomic E-state index is 0.0876. The third-order valence-corrected chi connectivity index (χ3v) is 3.55. The second-order valence-corrected chi connectivity index (χ2v) is 4.88. The van der Waals surface area contributed by atoms with E-state index in [2.05, 4.69) is 29.1 Å². The Morgan fingerprint density at radius 2 is 2.24 bits per heavy atom. The van der Waals surface area contributed by atoms with E-state index in [0.29, 0.717) is 17.6 Å². The zero-order chi connectivity index (χ0) is 12.5. The molecule has 0 bridgehead atoms. The van der Waals surface area contributed by atoms with Gasteiger partial charge >= 0.3 is 0 Å². The van der Waals surface area contributed by atoms with Gasteiger partial charge in [0.1, 0.15) is 11.9 Å². The average molecular weight is 232 g/mol. The molecule has 1 aromatic rings. The highest BCUT2D eigenvalue weighted by molar-refractivity contribution is 5.36. The Balaban J connectivity index is 2.01. The van der Waals surface area contributed by atoms with Crippen LogP contribution < -0.4 is 5.32 Å². The van der Waals surface area contributed by atoms with Crippen LogP contribution in [0.3, 0.4) is 0 Å². The summed E-state index contributed by atoms with van der Waals surface area (Å²) in [6.07, 6.45) is 4.31. The van der Waals surface area contributed by atoms with Crippen LogP contribution in [-0.2, 0) is 4.74 Å². The number of nitrogens with one attached hydrogen (secondary N) is 1. The highest BCUT2D eigenvalue weighted by Gasteiger charge is 2.48. The van der Waals surface area contributed by atoms with E-state index in [1.54, 1.807) is 13.3 Å². The summed E-state index contributed by atoms with van der Waals surface area (Å²) in [6.45, 7) is 4.33. The molecule has 2 unspecified atom stereocenters. The van der Waals surface area contributed by atoms with E-state index in [1.807, 2.05) is 6.07 Å². The first-order chi connectivity index (χ1) is 8.07. The van der Waals surface area contributed by atoms with Gasteiger partial charge < -0.3 is 10.1 Å². The number of nitriles is 1. The highest BCUT2D eigenvalue weighted by Crippen LogP contribution is 2.43. The van der Waals surface area contributed by atoms with Gasteiger partial charge in [0.2, 0.25) is 0 Å². The van der Waals surface area contributed by atoms with Gasteiger partial charge in [0.05, 0.1) is 18.5 Å². The molecular formula is C12H16N4O. The molecule has 5 heteroatoms. The first-order valence-electron chi connectivity index (χ1n) is 5.59. The molecule has 2 rings (SSSR count). The quantitative estimate of drug-likeness (QED) is 0.856. The molecule has 17 heavy (non-hydrogen) atoms. The lowest BCUT2D eigenvalue weighted by atomic mass is 9.64. The van der Waals surface area contributed by atoms with Crippen LogP contribution in [0, 0.1) is 16.7 Å². The van der Waals surface area contributed by atoms with Crippen molar-refractivity contribution in [2.75, 3.05) is 12.4 Å². The van der Waals surface area contributed by atoms with Gasteiger partial charge in [-0.15, -0.1) is 0 Å².